The molecule has 0 bridgehead atoms. The average Bonchev–Trinajstić information content (AvgIpc) is 2.52. The number of unbranched alkanes of at least 4 members (excludes halogenated alkanes) is 1. The van der Waals surface area contributed by atoms with Crippen LogP contribution in [0.1, 0.15) is 33.1 Å². The maximum atomic E-state index is 11.4. The van der Waals surface area contributed by atoms with Gasteiger partial charge in [0.25, 0.3) is 0 Å². The Hall–Kier alpha value is -0.570. The molecule has 0 N–H and O–H groups in total. The second-order valence-corrected chi connectivity index (χ2v) is 3.58. The van der Waals surface area contributed by atoms with Crippen molar-refractivity contribution in [3.8, 4) is 0 Å². The van der Waals surface area contributed by atoms with Gasteiger partial charge in [-0.2, -0.15) is 0 Å². The van der Waals surface area contributed by atoms with Crippen LogP contribution in [0.4, 0.5) is 0 Å². The van der Waals surface area contributed by atoms with Crippen LogP contribution in [0.25, 0.3) is 0 Å². The van der Waals surface area contributed by atoms with Crippen LogP contribution >= 0.6 is 0 Å². The van der Waals surface area contributed by atoms with Crippen molar-refractivity contribution < 1.29 is 14.3 Å². The molecule has 1 aliphatic heterocycles. The molecule has 13 heavy (non-hydrogen) atoms. The third-order valence-corrected chi connectivity index (χ3v) is 2.36. The maximum Gasteiger partial charge on any atom is 0.335 e. The van der Waals surface area contributed by atoms with Gasteiger partial charge >= 0.3 is 5.97 Å². The van der Waals surface area contributed by atoms with Crippen molar-refractivity contribution in [1.82, 2.24) is 0 Å². The van der Waals surface area contributed by atoms with Crippen LogP contribution in [-0.2, 0) is 14.3 Å². The molecule has 0 aliphatic carbocycles. The monoisotopic (exact) mass is 186 g/mol. The van der Waals surface area contributed by atoms with Crippen LogP contribution < -0.4 is 0 Å². The highest BCUT2D eigenvalue weighted by molar-refractivity contribution is 5.75. The third-order valence-electron chi connectivity index (χ3n) is 2.36. The Morgan fingerprint density at radius 3 is 2.92 bits per heavy atom. The second kappa shape index (κ2) is 5.22. The van der Waals surface area contributed by atoms with Crippen LogP contribution in [0.15, 0.2) is 0 Å². The summed E-state index contributed by atoms with van der Waals surface area (Å²) in [6.07, 6.45) is 2.64. The average molecular weight is 186 g/mol. The van der Waals surface area contributed by atoms with Gasteiger partial charge in [-0.3, -0.25) is 0 Å². The molecular formula is C10H18O3. The van der Waals surface area contributed by atoms with Crippen LogP contribution in [-0.4, -0.2) is 25.3 Å². The van der Waals surface area contributed by atoms with Crippen molar-refractivity contribution in [3.05, 3.63) is 0 Å². The van der Waals surface area contributed by atoms with Crippen LogP contribution in [0.3, 0.4) is 0 Å². The van der Waals surface area contributed by atoms with Gasteiger partial charge in [-0.15, -0.1) is 0 Å². The van der Waals surface area contributed by atoms with Gasteiger partial charge in [-0.25, -0.2) is 4.79 Å². The number of carbonyl (C=O) groups excluding carboxylic acids is 1. The first-order valence-electron chi connectivity index (χ1n) is 5.04. The minimum atomic E-state index is -0.308. The van der Waals surface area contributed by atoms with Crippen molar-refractivity contribution in [2.45, 2.75) is 39.2 Å². The fraction of sp³-hybridized carbons (Fsp3) is 0.900. The van der Waals surface area contributed by atoms with Crippen molar-refractivity contribution >= 4 is 5.97 Å². The minimum Gasteiger partial charge on any atom is -0.464 e. The van der Waals surface area contributed by atoms with E-state index in [0.717, 1.165) is 19.3 Å². The summed E-state index contributed by atoms with van der Waals surface area (Å²) in [4.78, 5) is 11.4. The maximum absolute atomic E-state index is 11.4. The number of hydrogen-bond donors (Lipinski definition) is 0. The van der Waals surface area contributed by atoms with Crippen LogP contribution in [0, 0.1) is 5.92 Å². The molecule has 76 valence electrons. The van der Waals surface area contributed by atoms with E-state index in [1.807, 2.05) is 6.92 Å². The molecule has 1 fully saturated rings. The molecule has 0 aromatic carbocycles. The molecule has 0 aromatic heterocycles. The van der Waals surface area contributed by atoms with E-state index in [1.165, 1.54) is 0 Å². The molecular weight excluding hydrogens is 168 g/mol. The Morgan fingerprint density at radius 2 is 2.38 bits per heavy atom. The van der Waals surface area contributed by atoms with Crippen molar-refractivity contribution in [2.75, 3.05) is 13.2 Å². The molecule has 0 aromatic rings. The molecule has 0 saturated carbocycles. The van der Waals surface area contributed by atoms with Crippen LogP contribution in [0.2, 0.25) is 0 Å². The molecule has 1 rings (SSSR count). The SMILES string of the molecule is CCCCOC(=O)C1OCCC1C. The molecule has 3 nitrogen and oxygen atoms in total. The van der Waals surface area contributed by atoms with E-state index in [9.17, 15) is 4.79 Å². The molecule has 3 heteroatoms. The lowest BCUT2D eigenvalue weighted by Crippen LogP contribution is -2.27. The van der Waals surface area contributed by atoms with Crippen molar-refractivity contribution in [1.29, 1.82) is 0 Å². The van der Waals surface area contributed by atoms with E-state index >= 15 is 0 Å². The number of esters is 1. The zero-order valence-corrected chi connectivity index (χ0v) is 8.41. The summed E-state index contributed by atoms with van der Waals surface area (Å²) in [5.74, 6) is 0.132. The van der Waals surface area contributed by atoms with Gasteiger partial charge in [0.15, 0.2) is 6.10 Å². The Labute approximate surface area is 79.4 Å². The van der Waals surface area contributed by atoms with Gasteiger partial charge in [0.2, 0.25) is 0 Å². The summed E-state index contributed by atoms with van der Waals surface area (Å²) in [5.41, 5.74) is 0. The molecule has 1 saturated heterocycles. The summed E-state index contributed by atoms with van der Waals surface area (Å²) >= 11 is 0. The van der Waals surface area contributed by atoms with Gasteiger partial charge in [-0.05, 0) is 18.8 Å². The van der Waals surface area contributed by atoms with E-state index in [4.69, 9.17) is 9.47 Å². The Kier molecular flexibility index (Phi) is 4.22. The highest BCUT2D eigenvalue weighted by atomic mass is 16.6. The summed E-state index contributed by atoms with van der Waals surface area (Å²) in [5, 5.41) is 0. The number of hydrogen-bond acceptors (Lipinski definition) is 3. The largest absolute Gasteiger partial charge is 0.464 e. The summed E-state index contributed by atoms with van der Waals surface area (Å²) in [6.45, 7) is 5.32. The second-order valence-electron chi connectivity index (χ2n) is 3.58. The summed E-state index contributed by atoms with van der Waals surface area (Å²) < 4.78 is 10.4. The van der Waals surface area contributed by atoms with Crippen LogP contribution in [0.5, 0.6) is 0 Å². The highest BCUT2D eigenvalue weighted by Crippen LogP contribution is 2.20. The van der Waals surface area contributed by atoms with E-state index in [0.29, 0.717) is 19.1 Å². The molecule has 2 unspecified atom stereocenters. The van der Waals surface area contributed by atoms with E-state index in [2.05, 4.69) is 6.92 Å². The molecule has 0 amide bonds. The van der Waals surface area contributed by atoms with Crippen molar-refractivity contribution in [3.63, 3.8) is 0 Å². The topological polar surface area (TPSA) is 35.5 Å². The smallest absolute Gasteiger partial charge is 0.335 e. The predicted molar refractivity (Wildman–Crippen MR) is 49.4 cm³/mol. The first kappa shape index (κ1) is 10.5. The minimum absolute atomic E-state index is 0.182. The van der Waals surface area contributed by atoms with Gasteiger partial charge < -0.3 is 9.47 Å². The van der Waals surface area contributed by atoms with Gasteiger partial charge in [0, 0.05) is 6.61 Å². The molecule has 1 heterocycles. The van der Waals surface area contributed by atoms with E-state index < -0.39 is 0 Å². The zero-order chi connectivity index (χ0) is 9.68. The fourth-order valence-electron chi connectivity index (χ4n) is 1.40. The first-order valence-corrected chi connectivity index (χ1v) is 5.04. The fourth-order valence-corrected chi connectivity index (χ4v) is 1.40. The van der Waals surface area contributed by atoms with Gasteiger partial charge in [-0.1, -0.05) is 20.3 Å². The van der Waals surface area contributed by atoms with Gasteiger partial charge in [0.05, 0.1) is 6.61 Å². The van der Waals surface area contributed by atoms with E-state index in [1.54, 1.807) is 0 Å². The standard InChI is InChI=1S/C10H18O3/c1-3-4-6-13-10(11)9-8(2)5-7-12-9/h8-9H,3-7H2,1-2H3. The van der Waals surface area contributed by atoms with Crippen molar-refractivity contribution in [2.24, 2.45) is 5.92 Å². The lowest BCUT2D eigenvalue weighted by molar-refractivity contribution is -0.156. The third kappa shape index (κ3) is 2.99. The number of carbonyl (C=O) groups is 1. The summed E-state index contributed by atoms with van der Waals surface area (Å²) in [6, 6.07) is 0. The zero-order valence-electron chi connectivity index (χ0n) is 8.41. The molecule has 1 aliphatic rings. The Balaban J connectivity index is 2.22. The normalized spacial score (nSPS) is 27.5. The Morgan fingerprint density at radius 1 is 1.62 bits per heavy atom. The first-order chi connectivity index (χ1) is 6.25. The lowest BCUT2D eigenvalue weighted by atomic mass is 10.1. The molecule has 0 spiro atoms. The van der Waals surface area contributed by atoms with E-state index in [-0.39, 0.29) is 12.1 Å². The molecule has 0 radical (unpaired) electrons. The molecule has 2 atom stereocenters. The number of rotatable bonds is 4. The quantitative estimate of drug-likeness (QED) is 0.495. The number of ether oxygens (including phenoxy) is 2. The summed E-state index contributed by atoms with van der Waals surface area (Å²) in [7, 11) is 0. The highest BCUT2D eigenvalue weighted by Gasteiger charge is 2.31. The Bertz CT molecular complexity index is 168. The van der Waals surface area contributed by atoms with Gasteiger partial charge in [0.1, 0.15) is 0 Å². The predicted octanol–water partition coefficient (Wildman–Crippen LogP) is 1.75. The lowest BCUT2D eigenvalue weighted by Gasteiger charge is -2.13.